The van der Waals surface area contributed by atoms with E-state index in [1.165, 1.54) is 6.39 Å². The smallest absolute Gasteiger partial charge is 0.247 e. The molecule has 0 atom stereocenters. The molecule has 21 heavy (non-hydrogen) atoms. The zero-order chi connectivity index (χ0) is 14.7. The average molecular weight is 282 g/mol. The zero-order valence-electron chi connectivity index (χ0n) is 11.4. The number of benzene rings is 1. The van der Waals surface area contributed by atoms with Crippen LogP contribution >= 0.6 is 0 Å². The van der Waals surface area contributed by atoms with Crippen LogP contribution in [0.5, 0.6) is 0 Å². The molecular weight excluding hydrogens is 268 g/mol. The Kier molecular flexibility index (Phi) is 3.40. The van der Waals surface area contributed by atoms with Crippen LogP contribution in [0.15, 0.2) is 35.1 Å². The Morgan fingerprint density at radius 1 is 1.38 bits per heavy atom. The van der Waals surface area contributed by atoms with E-state index in [1.54, 1.807) is 18.2 Å². The summed E-state index contributed by atoms with van der Waals surface area (Å²) < 4.78 is 5.13. The van der Waals surface area contributed by atoms with Gasteiger partial charge in [0, 0.05) is 11.3 Å². The third kappa shape index (κ3) is 2.50. The van der Waals surface area contributed by atoms with Crippen LogP contribution in [0.3, 0.4) is 0 Å². The van der Waals surface area contributed by atoms with Gasteiger partial charge in [0.05, 0.1) is 6.07 Å². The molecule has 1 aliphatic carbocycles. The molecule has 1 aromatic heterocycles. The zero-order valence-corrected chi connectivity index (χ0v) is 11.4. The van der Waals surface area contributed by atoms with Crippen LogP contribution in [-0.4, -0.2) is 16.1 Å². The second-order valence-electron chi connectivity index (χ2n) is 5.18. The Morgan fingerprint density at radius 3 is 2.86 bits per heavy atom. The van der Waals surface area contributed by atoms with Gasteiger partial charge in [-0.05, 0) is 31.0 Å². The van der Waals surface area contributed by atoms with Gasteiger partial charge in [-0.3, -0.25) is 4.79 Å². The lowest BCUT2D eigenvalue weighted by Crippen LogP contribution is -2.32. The first-order valence-corrected chi connectivity index (χ1v) is 6.83. The minimum absolute atomic E-state index is 0.231. The molecule has 1 aromatic carbocycles. The highest BCUT2D eigenvalue weighted by molar-refractivity contribution is 5.97. The molecule has 0 bridgehead atoms. The summed E-state index contributed by atoms with van der Waals surface area (Å²) in [5.74, 6) is 0.159. The van der Waals surface area contributed by atoms with E-state index < -0.39 is 5.41 Å². The lowest BCUT2D eigenvalue weighted by molar-refractivity contribution is -0.122. The molecule has 106 valence electrons. The molecule has 3 rings (SSSR count). The second kappa shape index (κ2) is 5.37. The van der Waals surface area contributed by atoms with Crippen molar-refractivity contribution in [2.75, 3.05) is 5.32 Å². The molecule has 6 heteroatoms. The predicted molar refractivity (Wildman–Crippen MR) is 74.9 cm³/mol. The van der Waals surface area contributed by atoms with Crippen LogP contribution in [0.4, 0.5) is 5.69 Å². The molecule has 0 aliphatic heterocycles. The van der Waals surface area contributed by atoms with E-state index >= 15 is 0 Å². The van der Waals surface area contributed by atoms with Crippen molar-refractivity contribution in [1.29, 1.82) is 5.26 Å². The number of carbonyl (C=O) groups excluding carboxylic acids is 1. The maximum Gasteiger partial charge on any atom is 0.247 e. The number of anilines is 1. The molecule has 1 heterocycles. The molecule has 1 N–H and O–H groups in total. The molecule has 2 aromatic rings. The van der Waals surface area contributed by atoms with Crippen molar-refractivity contribution in [2.45, 2.75) is 25.7 Å². The largest absolute Gasteiger partial charge is 0.423 e. The number of carbonyl (C=O) groups is 1. The van der Waals surface area contributed by atoms with Crippen molar-refractivity contribution in [2.24, 2.45) is 5.41 Å². The highest BCUT2D eigenvalue weighted by Crippen LogP contribution is 2.38. The lowest BCUT2D eigenvalue weighted by atomic mass is 9.87. The number of aromatic nitrogens is 2. The third-order valence-electron chi connectivity index (χ3n) is 3.83. The van der Waals surface area contributed by atoms with E-state index in [-0.39, 0.29) is 5.91 Å². The van der Waals surface area contributed by atoms with Crippen LogP contribution in [0.2, 0.25) is 0 Å². The summed E-state index contributed by atoms with van der Waals surface area (Å²) in [7, 11) is 0. The van der Waals surface area contributed by atoms with E-state index in [1.807, 2.05) is 6.07 Å². The minimum Gasteiger partial charge on any atom is -0.423 e. The second-order valence-corrected chi connectivity index (χ2v) is 5.18. The summed E-state index contributed by atoms with van der Waals surface area (Å²) in [6.45, 7) is 0. The molecule has 0 saturated heterocycles. The Labute approximate surface area is 121 Å². The summed E-state index contributed by atoms with van der Waals surface area (Å²) in [6.07, 6.45) is 4.34. The number of rotatable bonds is 3. The van der Waals surface area contributed by atoms with Crippen LogP contribution in [0, 0.1) is 16.7 Å². The number of nitriles is 1. The molecule has 0 radical (unpaired) electrons. The minimum atomic E-state index is -0.888. The number of nitrogens with one attached hydrogen (secondary N) is 1. The lowest BCUT2D eigenvalue weighted by Gasteiger charge is -2.19. The van der Waals surface area contributed by atoms with Gasteiger partial charge in [-0.1, -0.05) is 18.9 Å². The molecule has 0 unspecified atom stereocenters. The normalized spacial score (nSPS) is 16.3. The third-order valence-corrected chi connectivity index (χ3v) is 3.83. The van der Waals surface area contributed by atoms with Gasteiger partial charge in [-0.2, -0.15) is 5.26 Å². The Morgan fingerprint density at radius 2 is 2.19 bits per heavy atom. The quantitative estimate of drug-likeness (QED) is 0.934. The first-order valence-electron chi connectivity index (χ1n) is 6.83. The Bertz CT molecular complexity index is 682. The molecule has 1 amide bonds. The highest BCUT2D eigenvalue weighted by atomic mass is 16.4. The summed E-state index contributed by atoms with van der Waals surface area (Å²) >= 11 is 0. The molecule has 6 nitrogen and oxygen atoms in total. The highest BCUT2D eigenvalue weighted by Gasteiger charge is 2.41. The van der Waals surface area contributed by atoms with Crippen LogP contribution in [-0.2, 0) is 4.79 Å². The summed E-state index contributed by atoms with van der Waals surface area (Å²) in [4.78, 5) is 12.4. The van der Waals surface area contributed by atoms with E-state index in [9.17, 15) is 10.1 Å². The summed E-state index contributed by atoms with van der Waals surface area (Å²) in [5, 5.41) is 19.6. The van der Waals surface area contributed by atoms with Gasteiger partial charge in [0.15, 0.2) is 0 Å². The van der Waals surface area contributed by atoms with Gasteiger partial charge in [-0.25, -0.2) is 0 Å². The van der Waals surface area contributed by atoms with E-state index in [0.717, 1.165) is 18.4 Å². The molecule has 1 fully saturated rings. The van der Waals surface area contributed by atoms with Crippen molar-refractivity contribution in [3.05, 3.63) is 30.7 Å². The summed E-state index contributed by atoms with van der Waals surface area (Å²) in [5.41, 5.74) is 0.459. The average Bonchev–Trinajstić information content (AvgIpc) is 3.20. The van der Waals surface area contributed by atoms with E-state index in [4.69, 9.17) is 4.42 Å². The van der Waals surface area contributed by atoms with Crippen molar-refractivity contribution in [3.8, 4) is 17.5 Å². The number of amides is 1. The molecule has 1 saturated carbocycles. The first kappa shape index (κ1) is 13.3. The van der Waals surface area contributed by atoms with Gasteiger partial charge < -0.3 is 9.73 Å². The van der Waals surface area contributed by atoms with Crippen LogP contribution in [0.25, 0.3) is 11.5 Å². The van der Waals surface area contributed by atoms with Crippen LogP contribution in [0.1, 0.15) is 25.7 Å². The SMILES string of the molecule is N#CC1(C(=O)Nc2cccc(-c3nnco3)c2)CCCC1. The molecular formula is C15H14N4O2. The van der Waals surface area contributed by atoms with Crippen molar-refractivity contribution < 1.29 is 9.21 Å². The maximum absolute atomic E-state index is 12.4. The summed E-state index contributed by atoms with van der Waals surface area (Å²) in [6, 6.07) is 9.33. The van der Waals surface area contributed by atoms with E-state index in [0.29, 0.717) is 24.4 Å². The monoisotopic (exact) mass is 282 g/mol. The molecule has 1 aliphatic rings. The fraction of sp³-hybridized carbons (Fsp3) is 0.333. The number of nitrogens with zero attached hydrogens (tertiary/aromatic N) is 3. The predicted octanol–water partition coefficient (Wildman–Crippen LogP) is 2.76. The van der Waals surface area contributed by atoms with Gasteiger partial charge >= 0.3 is 0 Å². The topological polar surface area (TPSA) is 91.8 Å². The van der Waals surface area contributed by atoms with Crippen LogP contribution < -0.4 is 5.32 Å². The van der Waals surface area contributed by atoms with Crippen molar-refractivity contribution in [1.82, 2.24) is 10.2 Å². The fourth-order valence-electron chi connectivity index (χ4n) is 2.65. The first-order chi connectivity index (χ1) is 10.2. The number of hydrogen-bond donors (Lipinski definition) is 1. The number of hydrogen-bond acceptors (Lipinski definition) is 5. The fourth-order valence-corrected chi connectivity index (χ4v) is 2.65. The van der Waals surface area contributed by atoms with Crippen molar-refractivity contribution in [3.63, 3.8) is 0 Å². The maximum atomic E-state index is 12.4. The van der Waals surface area contributed by atoms with Gasteiger partial charge in [0.25, 0.3) is 0 Å². The Hall–Kier alpha value is -2.68. The Balaban J connectivity index is 1.81. The van der Waals surface area contributed by atoms with Gasteiger partial charge in [-0.15, -0.1) is 10.2 Å². The van der Waals surface area contributed by atoms with Gasteiger partial charge in [0.1, 0.15) is 5.41 Å². The molecule has 0 spiro atoms. The van der Waals surface area contributed by atoms with Gasteiger partial charge in [0.2, 0.25) is 18.2 Å². The standard InChI is InChI=1S/C15H14N4O2/c16-9-15(6-1-2-7-15)14(20)18-12-5-3-4-11(8-12)13-19-17-10-21-13/h3-5,8,10H,1-2,6-7H2,(H,18,20). The van der Waals surface area contributed by atoms with E-state index in [2.05, 4.69) is 21.6 Å². The van der Waals surface area contributed by atoms with Crippen molar-refractivity contribution >= 4 is 11.6 Å².